The normalized spacial score (nSPS) is 22.4. The van der Waals surface area contributed by atoms with Gasteiger partial charge in [-0.05, 0) is 118 Å². The van der Waals surface area contributed by atoms with E-state index in [1.165, 1.54) is 74.8 Å². The van der Waals surface area contributed by atoms with E-state index in [2.05, 4.69) is 86.8 Å². The first-order valence-electron chi connectivity index (χ1n) is 14.9. The number of hydrogen-bond donors (Lipinski definition) is 0. The van der Waals surface area contributed by atoms with Gasteiger partial charge in [0, 0.05) is 5.66 Å². The Morgan fingerprint density at radius 3 is 1.44 bits per heavy atom. The first kappa shape index (κ1) is 31.7. The van der Waals surface area contributed by atoms with Crippen molar-refractivity contribution in [3.8, 4) is 0 Å². The summed E-state index contributed by atoms with van der Waals surface area (Å²) in [6.07, 6.45) is 32.1. The molecule has 6 rings (SSSR count). The molecule has 0 N–H and O–H groups in total. The molecule has 204 valence electrons. The zero-order chi connectivity index (χ0) is 26.0. The molecule has 10 radical (unpaired) electrons. The van der Waals surface area contributed by atoms with Crippen molar-refractivity contribution in [2.24, 2.45) is 0 Å². The standard InChI is InChI=1S/C31H39P2.C5H5.Fe/c1-25(32(26-15-6-2-7-16-26)27-17-8-3-9-18-27)30-23-14-24-31(30)33(28-19-10-4-11-20-28)29-21-12-5-13-22-29;1-2-4-5-3-1;/h4-5,10-14,19-27H,2-3,6-9,15-18H2,1H3;1-5H;/q;;+2/t25-;;/m0../s1. The summed E-state index contributed by atoms with van der Waals surface area (Å²) in [5.41, 5.74) is 4.33. The molecule has 39 heavy (non-hydrogen) atoms. The van der Waals surface area contributed by atoms with Crippen LogP contribution in [0.5, 0.6) is 0 Å². The van der Waals surface area contributed by atoms with Crippen LogP contribution in [-0.4, -0.2) is 17.0 Å². The Morgan fingerprint density at radius 1 is 0.564 bits per heavy atom. The molecule has 3 heteroatoms. The molecule has 0 nitrogen and oxygen atoms in total. The van der Waals surface area contributed by atoms with Gasteiger partial charge in [-0.25, -0.2) is 0 Å². The summed E-state index contributed by atoms with van der Waals surface area (Å²) in [5.74, 6) is 1.68. The zero-order valence-corrected chi connectivity index (χ0v) is 26.3. The largest absolute Gasteiger partial charge is 2.00 e. The van der Waals surface area contributed by atoms with E-state index in [-0.39, 0.29) is 25.0 Å². The minimum atomic E-state index is -0.511. The molecule has 0 aromatic heterocycles. The van der Waals surface area contributed by atoms with Gasteiger partial charge in [-0.1, -0.05) is 114 Å². The van der Waals surface area contributed by atoms with E-state index < -0.39 is 7.92 Å². The van der Waals surface area contributed by atoms with Crippen LogP contribution in [0, 0.1) is 62.9 Å². The molecule has 0 saturated heterocycles. The van der Waals surface area contributed by atoms with E-state index in [1.807, 2.05) is 32.1 Å². The molecule has 4 saturated carbocycles. The van der Waals surface area contributed by atoms with E-state index in [4.69, 9.17) is 0 Å². The van der Waals surface area contributed by atoms with Crippen LogP contribution in [0.15, 0.2) is 60.7 Å². The molecule has 4 aliphatic rings. The SMILES string of the molecule is C[C@@H]([C]1[CH][CH][CH][C]1P(c1ccccc1)c1ccccc1)P(C1CCCCC1)C1CCCCC1.[CH]1[CH][CH][CH][CH]1.[Fe+2]. The van der Waals surface area contributed by atoms with Gasteiger partial charge in [-0.15, -0.1) is 0 Å². The maximum absolute atomic E-state index is 2.62. The topological polar surface area (TPSA) is 0 Å². The second kappa shape index (κ2) is 17.1. The second-order valence-electron chi connectivity index (χ2n) is 11.0. The van der Waals surface area contributed by atoms with Gasteiger partial charge in [0.2, 0.25) is 0 Å². The number of rotatable bonds is 7. The first-order chi connectivity index (χ1) is 18.8. The van der Waals surface area contributed by atoms with Crippen molar-refractivity contribution in [3.63, 3.8) is 0 Å². The minimum absolute atomic E-state index is 0. The molecule has 0 heterocycles. The van der Waals surface area contributed by atoms with Crippen molar-refractivity contribution in [3.05, 3.63) is 124 Å². The minimum Gasteiger partial charge on any atom is -0.0968 e. The number of hydrogen-bond acceptors (Lipinski definition) is 0. The molecule has 1 atom stereocenters. The van der Waals surface area contributed by atoms with Gasteiger partial charge in [0.1, 0.15) is 0 Å². The molecule has 4 aliphatic carbocycles. The molecule has 2 aromatic rings. The van der Waals surface area contributed by atoms with Gasteiger partial charge in [0.25, 0.3) is 0 Å². The maximum Gasteiger partial charge on any atom is 2.00 e. The third-order valence-electron chi connectivity index (χ3n) is 8.54. The summed E-state index contributed by atoms with van der Waals surface area (Å²) < 4.78 is 0. The van der Waals surface area contributed by atoms with E-state index >= 15 is 0 Å². The summed E-state index contributed by atoms with van der Waals surface area (Å²) in [4.78, 5) is 0. The van der Waals surface area contributed by atoms with Crippen LogP contribution >= 0.6 is 15.8 Å². The zero-order valence-electron chi connectivity index (χ0n) is 23.4. The maximum atomic E-state index is 2.62. The van der Waals surface area contributed by atoms with Gasteiger partial charge in [-0.3, -0.25) is 0 Å². The quantitative estimate of drug-likeness (QED) is 0.221. The summed E-state index contributed by atoms with van der Waals surface area (Å²) >= 11 is 0. The summed E-state index contributed by atoms with van der Waals surface area (Å²) in [6, 6.07) is 22.6. The van der Waals surface area contributed by atoms with E-state index in [0.717, 1.165) is 11.3 Å². The summed E-state index contributed by atoms with van der Waals surface area (Å²) in [7, 11) is -0.489. The Bertz CT molecular complexity index is 837. The molecular weight excluding hydrogens is 550 g/mol. The second-order valence-corrected chi connectivity index (χ2v) is 16.4. The molecular formula is C36H44FeP2+2. The van der Waals surface area contributed by atoms with Crippen molar-refractivity contribution in [2.45, 2.75) is 88.1 Å². The monoisotopic (exact) mass is 594 g/mol. The van der Waals surface area contributed by atoms with Crippen LogP contribution in [0.1, 0.15) is 71.1 Å². The molecule has 0 unspecified atom stereocenters. The van der Waals surface area contributed by atoms with E-state index in [9.17, 15) is 0 Å². The van der Waals surface area contributed by atoms with Crippen molar-refractivity contribution in [1.29, 1.82) is 0 Å². The fraction of sp³-hybridized carbons (Fsp3) is 0.389. The fourth-order valence-corrected chi connectivity index (χ4v) is 13.7. The number of benzene rings is 2. The van der Waals surface area contributed by atoms with Gasteiger partial charge in [0.15, 0.2) is 0 Å². The van der Waals surface area contributed by atoms with Crippen molar-refractivity contribution in [2.75, 3.05) is 0 Å². The van der Waals surface area contributed by atoms with Crippen molar-refractivity contribution >= 4 is 26.5 Å². The fourth-order valence-electron chi connectivity index (χ4n) is 6.73. The first-order valence-corrected chi connectivity index (χ1v) is 17.8. The smallest absolute Gasteiger partial charge is 0.0968 e. The third-order valence-corrected chi connectivity index (χ3v) is 15.0. The molecule has 0 spiro atoms. The van der Waals surface area contributed by atoms with Crippen LogP contribution < -0.4 is 10.6 Å². The molecule has 0 aliphatic heterocycles. The summed E-state index contributed by atoms with van der Waals surface area (Å²) in [6.45, 7) is 2.62. The van der Waals surface area contributed by atoms with Crippen LogP contribution in [-0.2, 0) is 17.1 Å². The van der Waals surface area contributed by atoms with E-state index in [1.54, 1.807) is 11.6 Å². The molecule has 0 bridgehead atoms. The Morgan fingerprint density at radius 2 is 1.00 bits per heavy atom. The Labute approximate surface area is 254 Å². The van der Waals surface area contributed by atoms with Crippen LogP contribution in [0.2, 0.25) is 0 Å². The van der Waals surface area contributed by atoms with Crippen LogP contribution in [0.3, 0.4) is 0 Å². The summed E-state index contributed by atoms with van der Waals surface area (Å²) in [5, 5.41) is 2.97. The predicted molar refractivity (Wildman–Crippen MR) is 170 cm³/mol. The van der Waals surface area contributed by atoms with Gasteiger partial charge < -0.3 is 0 Å². The van der Waals surface area contributed by atoms with Crippen molar-refractivity contribution < 1.29 is 17.1 Å². The Hall–Kier alpha value is -0.181. The van der Waals surface area contributed by atoms with Crippen LogP contribution in [0.4, 0.5) is 0 Å². The third kappa shape index (κ3) is 8.67. The Kier molecular flexibility index (Phi) is 13.9. The average Bonchev–Trinajstić information content (AvgIpc) is 3.72. The van der Waals surface area contributed by atoms with Gasteiger partial charge >= 0.3 is 17.1 Å². The Balaban J connectivity index is 0.000000530. The van der Waals surface area contributed by atoms with Crippen LogP contribution in [0.25, 0.3) is 0 Å². The molecule has 0 amide bonds. The predicted octanol–water partition coefficient (Wildman–Crippen LogP) is 9.41. The molecule has 4 fully saturated rings. The van der Waals surface area contributed by atoms with E-state index in [0.29, 0.717) is 5.66 Å². The van der Waals surface area contributed by atoms with Crippen molar-refractivity contribution in [1.82, 2.24) is 0 Å². The average molecular weight is 595 g/mol. The van der Waals surface area contributed by atoms with Gasteiger partial charge in [-0.2, -0.15) is 0 Å². The van der Waals surface area contributed by atoms with Gasteiger partial charge in [0.05, 0.1) is 0 Å². The molecule has 2 aromatic carbocycles.